The molecule has 1 heterocycles. The molecule has 1 aliphatic carbocycles. The van der Waals surface area contributed by atoms with Gasteiger partial charge in [0.15, 0.2) is 5.82 Å². The van der Waals surface area contributed by atoms with Crippen LogP contribution in [-0.2, 0) is 11.2 Å². The average Bonchev–Trinajstić information content (AvgIpc) is 3.02. The highest BCUT2D eigenvalue weighted by Crippen LogP contribution is 2.38. The number of carbonyl (C=O) groups is 1. The second kappa shape index (κ2) is 6.68. The van der Waals surface area contributed by atoms with Gasteiger partial charge in [0.2, 0.25) is 5.89 Å². The summed E-state index contributed by atoms with van der Waals surface area (Å²) in [7, 11) is 0. The number of aryl methyl sites for hydroxylation is 1. The Hall–Kier alpha value is -1.39. The van der Waals surface area contributed by atoms with Crippen molar-refractivity contribution >= 4 is 5.97 Å². The molecule has 2 rings (SSSR count). The van der Waals surface area contributed by atoms with E-state index in [2.05, 4.69) is 17.1 Å². The maximum Gasteiger partial charge on any atom is 0.303 e. The van der Waals surface area contributed by atoms with Crippen LogP contribution in [0.4, 0.5) is 0 Å². The lowest BCUT2D eigenvalue weighted by atomic mass is 10.0. The Bertz CT molecular complexity index is 417. The number of carboxylic acids is 1. The molecule has 0 bridgehead atoms. The van der Waals surface area contributed by atoms with Gasteiger partial charge in [-0.3, -0.25) is 4.79 Å². The fourth-order valence-electron chi connectivity index (χ4n) is 2.77. The van der Waals surface area contributed by atoms with Gasteiger partial charge in [-0.05, 0) is 38.0 Å². The predicted molar refractivity (Wildman–Crippen MR) is 69.9 cm³/mol. The second-order valence-corrected chi connectivity index (χ2v) is 5.43. The summed E-state index contributed by atoms with van der Waals surface area (Å²) < 4.78 is 5.24. The first kappa shape index (κ1) is 14.0. The van der Waals surface area contributed by atoms with E-state index < -0.39 is 5.97 Å². The van der Waals surface area contributed by atoms with E-state index in [1.807, 2.05) is 0 Å². The van der Waals surface area contributed by atoms with Crippen LogP contribution in [0, 0.1) is 5.92 Å². The van der Waals surface area contributed by atoms with Crippen LogP contribution in [0.15, 0.2) is 4.52 Å². The van der Waals surface area contributed by atoms with Gasteiger partial charge < -0.3 is 9.63 Å². The van der Waals surface area contributed by atoms with Gasteiger partial charge in [-0.15, -0.1) is 0 Å². The molecular weight excluding hydrogens is 244 g/mol. The summed E-state index contributed by atoms with van der Waals surface area (Å²) in [6, 6.07) is 0. The molecule has 1 aromatic heterocycles. The maximum absolute atomic E-state index is 10.4. The Morgan fingerprint density at radius 1 is 1.42 bits per heavy atom. The molecular formula is C14H22N2O3. The van der Waals surface area contributed by atoms with E-state index in [1.54, 1.807) is 0 Å². The molecule has 2 unspecified atom stereocenters. The van der Waals surface area contributed by atoms with Gasteiger partial charge in [0.05, 0.1) is 0 Å². The minimum absolute atomic E-state index is 0.210. The normalized spacial score (nSPS) is 22.8. The summed E-state index contributed by atoms with van der Waals surface area (Å²) in [4.78, 5) is 14.8. The number of rotatable bonds is 7. The van der Waals surface area contributed by atoms with Crippen LogP contribution in [-0.4, -0.2) is 21.2 Å². The fraction of sp³-hybridized carbons (Fsp3) is 0.786. The number of aromatic nitrogens is 2. The monoisotopic (exact) mass is 266 g/mol. The summed E-state index contributed by atoms with van der Waals surface area (Å²) in [5, 5.41) is 12.6. The molecule has 1 saturated carbocycles. The molecule has 1 fully saturated rings. The molecule has 0 spiro atoms. The van der Waals surface area contributed by atoms with Gasteiger partial charge >= 0.3 is 5.97 Å². The van der Waals surface area contributed by atoms with Crippen LogP contribution in [0.25, 0.3) is 0 Å². The van der Waals surface area contributed by atoms with Crippen molar-refractivity contribution in [3.8, 4) is 0 Å². The van der Waals surface area contributed by atoms with Crippen LogP contribution in [0.5, 0.6) is 0 Å². The van der Waals surface area contributed by atoms with Crippen LogP contribution in [0.1, 0.15) is 69.5 Å². The van der Waals surface area contributed by atoms with E-state index in [0.29, 0.717) is 24.7 Å². The van der Waals surface area contributed by atoms with E-state index in [1.165, 1.54) is 19.3 Å². The minimum atomic E-state index is -0.747. The van der Waals surface area contributed by atoms with Crippen molar-refractivity contribution in [1.29, 1.82) is 0 Å². The lowest BCUT2D eigenvalue weighted by Crippen LogP contribution is -1.98. The molecule has 5 heteroatoms. The van der Waals surface area contributed by atoms with Crippen molar-refractivity contribution in [2.45, 2.75) is 64.2 Å². The van der Waals surface area contributed by atoms with Gasteiger partial charge in [-0.2, -0.15) is 4.98 Å². The summed E-state index contributed by atoms with van der Waals surface area (Å²) in [5.41, 5.74) is 0. The number of unbranched alkanes of at least 4 members (excludes halogenated alkanes) is 1. The molecule has 19 heavy (non-hydrogen) atoms. The molecule has 0 aliphatic heterocycles. The first-order valence-electron chi connectivity index (χ1n) is 7.23. The van der Waals surface area contributed by atoms with Gasteiger partial charge in [0.25, 0.3) is 0 Å². The van der Waals surface area contributed by atoms with E-state index in [4.69, 9.17) is 9.63 Å². The molecule has 1 aliphatic rings. The molecule has 1 N–H and O–H groups in total. The number of carboxylic acid groups (broad SMARTS) is 1. The molecule has 0 aromatic carbocycles. The highest BCUT2D eigenvalue weighted by Gasteiger charge is 2.28. The van der Waals surface area contributed by atoms with Crippen molar-refractivity contribution in [2.24, 2.45) is 5.92 Å². The van der Waals surface area contributed by atoms with Crippen molar-refractivity contribution in [1.82, 2.24) is 10.1 Å². The number of aliphatic carboxylic acids is 1. The molecule has 2 atom stereocenters. The summed E-state index contributed by atoms with van der Waals surface area (Å²) >= 11 is 0. The van der Waals surface area contributed by atoms with Gasteiger partial charge in [0, 0.05) is 18.8 Å². The minimum Gasteiger partial charge on any atom is -0.481 e. The summed E-state index contributed by atoms with van der Waals surface area (Å²) in [6.07, 6.45) is 7.18. The first-order valence-corrected chi connectivity index (χ1v) is 7.23. The second-order valence-electron chi connectivity index (χ2n) is 5.43. The zero-order valence-electron chi connectivity index (χ0n) is 11.5. The van der Waals surface area contributed by atoms with Crippen LogP contribution >= 0.6 is 0 Å². The molecule has 0 amide bonds. The lowest BCUT2D eigenvalue weighted by Gasteiger charge is -2.04. The van der Waals surface area contributed by atoms with Crippen LogP contribution in [0.3, 0.4) is 0 Å². The highest BCUT2D eigenvalue weighted by atomic mass is 16.5. The van der Waals surface area contributed by atoms with E-state index in [9.17, 15) is 4.79 Å². The Morgan fingerprint density at radius 2 is 2.26 bits per heavy atom. The Balaban J connectivity index is 1.77. The van der Waals surface area contributed by atoms with Crippen LogP contribution in [0.2, 0.25) is 0 Å². The SMILES string of the molecule is CCC1CCC(c2noc(CCCCC(=O)O)n2)C1. The van der Waals surface area contributed by atoms with Crippen molar-refractivity contribution in [3.05, 3.63) is 11.7 Å². The van der Waals surface area contributed by atoms with E-state index in [0.717, 1.165) is 24.6 Å². The summed E-state index contributed by atoms with van der Waals surface area (Å²) in [6.45, 7) is 2.23. The summed E-state index contributed by atoms with van der Waals surface area (Å²) in [5.74, 6) is 2.02. The molecule has 0 radical (unpaired) electrons. The Kier molecular flexibility index (Phi) is 4.93. The molecule has 1 aromatic rings. The largest absolute Gasteiger partial charge is 0.481 e. The van der Waals surface area contributed by atoms with Gasteiger partial charge in [-0.25, -0.2) is 0 Å². The third-order valence-corrected chi connectivity index (χ3v) is 4.00. The van der Waals surface area contributed by atoms with Crippen molar-refractivity contribution in [2.75, 3.05) is 0 Å². The zero-order chi connectivity index (χ0) is 13.7. The van der Waals surface area contributed by atoms with Crippen molar-refractivity contribution < 1.29 is 14.4 Å². The Labute approximate surface area is 113 Å². The van der Waals surface area contributed by atoms with E-state index in [-0.39, 0.29) is 6.42 Å². The Morgan fingerprint density at radius 3 is 2.95 bits per heavy atom. The average molecular weight is 266 g/mol. The lowest BCUT2D eigenvalue weighted by molar-refractivity contribution is -0.137. The molecule has 106 valence electrons. The third-order valence-electron chi connectivity index (χ3n) is 4.00. The third kappa shape index (κ3) is 4.04. The number of hydrogen-bond acceptors (Lipinski definition) is 4. The van der Waals surface area contributed by atoms with Gasteiger partial charge in [0.1, 0.15) is 0 Å². The highest BCUT2D eigenvalue weighted by molar-refractivity contribution is 5.66. The topological polar surface area (TPSA) is 76.2 Å². The van der Waals surface area contributed by atoms with Gasteiger partial charge in [-0.1, -0.05) is 18.5 Å². The quantitative estimate of drug-likeness (QED) is 0.767. The van der Waals surface area contributed by atoms with E-state index >= 15 is 0 Å². The molecule has 0 saturated heterocycles. The number of nitrogens with zero attached hydrogens (tertiary/aromatic N) is 2. The fourth-order valence-corrected chi connectivity index (χ4v) is 2.77. The number of hydrogen-bond donors (Lipinski definition) is 1. The van der Waals surface area contributed by atoms with Crippen LogP contribution < -0.4 is 0 Å². The molecule has 5 nitrogen and oxygen atoms in total. The zero-order valence-corrected chi connectivity index (χ0v) is 11.5. The smallest absolute Gasteiger partial charge is 0.303 e. The van der Waals surface area contributed by atoms with Crippen molar-refractivity contribution in [3.63, 3.8) is 0 Å². The standard InChI is InChI=1S/C14H22N2O3/c1-2-10-7-8-11(9-10)14-15-12(19-16-14)5-3-4-6-13(17)18/h10-11H,2-9H2,1H3,(H,17,18). The maximum atomic E-state index is 10.4. The predicted octanol–water partition coefficient (Wildman–Crippen LogP) is 3.16. The first-order chi connectivity index (χ1) is 9.19.